The van der Waals surface area contributed by atoms with Crippen LogP contribution in [0.2, 0.25) is 0 Å². The lowest BCUT2D eigenvalue weighted by molar-refractivity contribution is 0.745. The van der Waals surface area contributed by atoms with E-state index in [1.54, 1.807) is 0 Å². The number of rotatable bonds is 6. The zero-order chi connectivity index (χ0) is 54.7. The predicted molar refractivity (Wildman–Crippen MR) is 344 cm³/mol. The lowest BCUT2D eigenvalue weighted by Crippen LogP contribution is -2.28. The topological polar surface area (TPSA) is 69.6 Å². The fourth-order valence-electron chi connectivity index (χ4n) is 14.0. The average molecular weight is 1110 g/mol. The van der Waals surface area contributed by atoms with Gasteiger partial charge in [0.25, 0.3) is 0 Å². The lowest BCUT2D eigenvalue weighted by Gasteiger charge is -2.29. The number of hydrogen-bond donors (Lipinski definition) is 0. The lowest BCUT2D eigenvalue weighted by atomic mass is 9.91. The number of benzene rings is 10. The largest absolute Gasteiger partial charge is 0.333 e. The summed E-state index contributed by atoms with van der Waals surface area (Å²) in [5, 5.41) is 7.01. The summed E-state index contributed by atoms with van der Waals surface area (Å²) in [5.41, 5.74) is 19.9. The van der Waals surface area contributed by atoms with Crippen LogP contribution >= 0.6 is 23.5 Å². The molecule has 0 bridgehead atoms. The summed E-state index contributed by atoms with van der Waals surface area (Å²) in [6.45, 7) is 0. The van der Waals surface area contributed by atoms with Crippen molar-refractivity contribution in [2.45, 2.75) is 31.5 Å². The van der Waals surface area contributed by atoms with Crippen LogP contribution in [0.25, 0.3) is 128 Å². The molecule has 0 spiro atoms. The van der Waals surface area contributed by atoms with E-state index >= 15 is 0 Å². The zero-order valence-electron chi connectivity index (χ0n) is 44.8. The van der Waals surface area contributed by atoms with E-state index in [1.165, 1.54) is 64.8 Å². The normalized spacial score (nSPS) is 15.4. The molecule has 10 aromatic carbocycles. The van der Waals surface area contributed by atoms with Crippen molar-refractivity contribution >= 4 is 100 Å². The van der Waals surface area contributed by atoms with Crippen LogP contribution in [0.1, 0.15) is 11.5 Å². The first-order valence-electron chi connectivity index (χ1n) is 28.4. The summed E-state index contributed by atoms with van der Waals surface area (Å²) in [6.07, 6.45) is 13.4. The molecule has 0 saturated heterocycles. The minimum Gasteiger partial charge on any atom is -0.333 e. The van der Waals surface area contributed by atoms with Gasteiger partial charge >= 0.3 is 0 Å². The Balaban J connectivity index is 0.707. The van der Waals surface area contributed by atoms with Crippen LogP contribution in [0.3, 0.4) is 0 Å². The SMILES string of the molecule is C1=CC2c3ccc4c(ccn4-c4nc5c6c(cccc6n4)Sc4c(-c6cccc7c6Sc6cccc8nc(-c9ccc(-n%10ccc%11ccc%12c(c%13ccccc%13n%12-c%12ccccc%12)c%11%10)cc9)nc-7c68)cccc4-5)c3N(c3ccccc3)C2C=C1. The second-order valence-electron chi connectivity index (χ2n) is 22.1. The molecule has 392 valence electrons. The Morgan fingerprint density at radius 2 is 1.05 bits per heavy atom. The van der Waals surface area contributed by atoms with E-state index in [-0.39, 0.29) is 12.0 Å². The van der Waals surface area contributed by atoms with Crippen LogP contribution in [0, 0.1) is 0 Å². The number of anilines is 2. The molecule has 15 aromatic rings. The van der Waals surface area contributed by atoms with Crippen molar-refractivity contribution in [2.24, 2.45) is 0 Å². The summed E-state index contributed by atoms with van der Waals surface area (Å²) in [7, 11) is 0. The Bertz CT molecular complexity index is 5410. The molecule has 0 amide bonds. The second-order valence-corrected chi connectivity index (χ2v) is 24.2. The quantitative estimate of drug-likeness (QED) is 0.164. The number of hydrogen-bond acceptors (Lipinski definition) is 7. The highest BCUT2D eigenvalue weighted by Crippen LogP contribution is 2.56. The third-order valence-electron chi connectivity index (χ3n) is 17.6. The van der Waals surface area contributed by atoms with Gasteiger partial charge in [0.05, 0.1) is 56.2 Å². The van der Waals surface area contributed by atoms with Crippen LogP contribution in [0.15, 0.2) is 275 Å². The van der Waals surface area contributed by atoms with Gasteiger partial charge < -0.3 is 14.0 Å². The molecular formula is C74H44N8S2. The van der Waals surface area contributed by atoms with Crippen molar-refractivity contribution in [1.82, 2.24) is 33.6 Å². The number of para-hydroxylation sites is 3. The molecule has 0 radical (unpaired) electrons. The summed E-state index contributed by atoms with van der Waals surface area (Å²) in [5.74, 6) is 1.61. The Hall–Kier alpha value is -10.3. The fraction of sp³-hybridized carbons (Fsp3) is 0.0270. The van der Waals surface area contributed by atoms with Gasteiger partial charge in [0.15, 0.2) is 5.82 Å². The van der Waals surface area contributed by atoms with Crippen LogP contribution in [0.4, 0.5) is 11.4 Å². The monoisotopic (exact) mass is 1110 g/mol. The minimum absolute atomic E-state index is 0.198. The molecule has 8 nitrogen and oxygen atoms in total. The smallest absolute Gasteiger partial charge is 0.235 e. The molecule has 3 aliphatic heterocycles. The molecule has 84 heavy (non-hydrogen) atoms. The third kappa shape index (κ3) is 6.57. The zero-order valence-corrected chi connectivity index (χ0v) is 46.4. The second kappa shape index (κ2) is 17.6. The molecule has 1 aliphatic carbocycles. The van der Waals surface area contributed by atoms with E-state index in [0.717, 1.165) is 87.7 Å². The van der Waals surface area contributed by atoms with Crippen LogP contribution in [-0.2, 0) is 0 Å². The van der Waals surface area contributed by atoms with Crippen molar-refractivity contribution in [1.29, 1.82) is 0 Å². The first kappa shape index (κ1) is 46.4. The van der Waals surface area contributed by atoms with Crippen molar-refractivity contribution < 1.29 is 0 Å². The maximum Gasteiger partial charge on any atom is 0.235 e. The summed E-state index contributed by atoms with van der Waals surface area (Å²) in [4.78, 5) is 28.9. The summed E-state index contributed by atoms with van der Waals surface area (Å²) < 4.78 is 6.89. The van der Waals surface area contributed by atoms with Gasteiger partial charge in [-0.1, -0.05) is 163 Å². The first-order chi connectivity index (χ1) is 41.7. The molecule has 2 atom stereocenters. The highest BCUT2D eigenvalue weighted by Gasteiger charge is 2.39. The van der Waals surface area contributed by atoms with Crippen molar-refractivity contribution in [2.75, 3.05) is 4.90 Å². The van der Waals surface area contributed by atoms with Crippen molar-refractivity contribution in [3.63, 3.8) is 0 Å². The maximum atomic E-state index is 5.57. The van der Waals surface area contributed by atoms with Gasteiger partial charge in [-0.05, 0) is 120 Å². The molecular weight excluding hydrogens is 1070 g/mol. The average Bonchev–Trinajstić information content (AvgIpc) is 1.62. The number of fused-ring (bicyclic) bond motifs is 14. The summed E-state index contributed by atoms with van der Waals surface area (Å²) in [6, 6.07) is 79.1. The fourth-order valence-corrected chi connectivity index (χ4v) is 16.5. The van der Waals surface area contributed by atoms with E-state index < -0.39 is 0 Å². The Kier molecular flexibility index (Phi) is 9.73. The van der Waals surface area contributed by atoms with E-state index in [2.05, 4.69) is 274 Å². The van der Waals surface area contributed by atoms with Gasteiger partial charge in [-0.2, -0.15) is 0 Å². The summed E-state index contributed by atoms with van der Waals surface area (Å²) >= 11 is 3.63. The van der Waals surface area contributed by atoms with Gasteiger partial charge in [0, 0.05) is 104 Å². The minimum atomic E-state index is 0.198. The van der Waals surface area contributed by atoms with Gasteiger partial charge in [-0.15, -0.1) is 0 Å². The highest BCUT2D eigenvalue weighted by atomic mass is 32.2. The van der Waals surface area contributed by atoms with E-state index in [9.17, 15) is 0 Å². The number of allylic oxidation sites excluding steroid dienone is 2. The van der Waals surface area contributed by atoms with E-state index in [1.807, 2.05) is 23.5 Å². The molecule has 19 rings (SSSR count). The third-order valence-corrected chi connectivity index (χ3v) is 20.1. The van der Waals surface area contributed by atoms with Gasteiger partial charge in [-0.3, -0.25) is 4.57 Å². The molecule has 0 saturated carbocycles. The van der Waals surface area contributed by atoms with E-state index in [4.69, 9.17) is 19.9 Å². The van der Waals surface area contributed by atoms with Gasteiger partial charge in [0.2, 0.25) is 5.95 Å². The van der Waals surface area contributed by atoms with Gasteiger partial charge in [-0.25, -0.2) is 19.9 Å². The molecule has 10 heteroatoms. The van der Waals surface area contributed by atoms with Crippen LogP contribution in [-0.4, -0.2) is 39.7 Å². The van der Waals surface area contributed by atoms with Crippen LogP contribution < -0.4 is 4.90 Å². The van der Waals surface area contributed by atoms with Crippen molar-refractivity contribution in [3.8, 4) is 62.4 Å². The maximum absolute atomic E-state index is 5.57. The first-order valence-corrected chi connectivity index (χ1v) is 30.1. The van der Waals surface area contributed by atoms with Gasteiger partial charge in [0.1, 0.15) is 0 Å². The Morgan fingerprint density at radius 3 is 1.81 bits per heavy atom. The van der Waals surface area contributed by atoms with Crippen molar-refractivity contribution in [3.05, 3.63) is 261 Å². The Labute approximate surface area is 490 Å². The molecule has 2 unspecified atom stereocenters. The Morgan fingerprint density at radius 1 is 0.405 bits per heavy atom. The van der Waals surface area contributed by atoms with E-state index in [0.29, 0.717) is 11.8 Å². The standard InChI is InChI=1S/C74H44N8S2/c1-3-15-46(16-4-1)81-60-28-10-8-20-52(60)64-61(81)37-33-43-39-41-79(69(43)64)45-34-31-44(32-35-45)73-75-56-25-13-29-62-65(56)67(77-73)54-23-11-21-50(71(54)83-62)51-22-12-24-55-68-66-57(26-14-30-63(66)84-72(51)55)76-74(78-68)80-42-40-53-58(80)38-36-49-48-19-7-9-27-59(48)82(70(49)53)47-17-5-2-6-18-47/h1-42,48,59H. The number of aromatic nitrogens is 7. The highest BCUT2D eigenvalue weighted by molar-refractivity contribution is 8.00. The van der Waals surface area contributed by atoms with Crippen LogP contribution in [0.5, 0.6) is 0 Å². The number of nitrogens with zero attached hydrogens (tertiary/aromatic N) is 8. The molecule has 0 N–H and O–H groups in total. The molecule has 0 fully saturated rings. The molecule has 8 heterocycles. The predicted octanol–water partition coefficient (Wildman–Crippen LogP) is 18.9. The molecule has 5 aromatic heterocycles. The molecule has 4 aliphatic rings.